The summed E-state index contributed by atoms with van der Waals surface area (Å²) in [5.74, 6) is 0.154. The maximum atomic E-state index is 13.2. The zero-order valence-electron chi connectivity index (χ0n) is 15.2. The second-order valence-corrected chi connectivity index (χ2v) is 8.07. The van der Waals surface area contributed by atoms with Gasteiger partial charge in [-0.15, -0.1) is 11.3 Å². The Labute approximate surface area is 152 Å². The summed E-state index contributed by atoms with van der Waals surface area (Å²) in [6.45, 7) is 7.10. The van der Waals surface area contributed by atoms with Crippen LogP contribution in [0.5, 0.6) is 0 Å². The van der Waals surface area contributed by atoms with Crippen molar-refractivity contribution in [3.05, 3.63) is 51.5 Å². The average Bonchev–Trinajstić information content (AvgIpc) is 3.28. The van der Waals surface area contributed by atoms with Crippen LogP contribution in [0.4, 0.5) is 0 Å². The summed E-state index contributed by atoms with van der Waals surface area (Å²) in [7, 11) is 1.94. The maximum absolute atomic E-state index is 13.2. The van der Waals surface area contributed by atoms with Crippen LogP contribution in [-0.2, 0) is 7.05 Å². The van der Waals surface area contributed by atoms with E-state index in [9.17, 15) is 4.79 Å². The van der Waals surface area contributed by atoms with E-state index in [0.717, 1.165) is 40.2 Å². The maximum Gasteiger partial charge on any atom is 0.264 e. The standard InChI is InChI=1S/C20H23N3OS/c1-12-7-8-15(10-13(12)2)17-6-5-9-23(17)19(24)18-11-16-14(3)21-22(4)20(16)25-18/h7-8,10-11,17H,5-6,9H2,1-4H3. The van der Waals surface area contributed by atoms with Gasteiger partial charge in [0.25, 0.3) is 5.91 Å². The third-order valence-corrected chi connectivity index (χ3v) is 6.53. The van der Waals surface area contributed by atoms with E-state index in [-0.39, 0.29) is 11.9 Å². The van der Waals surface area contributed by atoms with Crippen molar-refractivity contribution in [2.75, 3.05) is 6.54 Å². The Morgan fingerprint density at radius 2 is 2.00 bits per heavy atom. The van der Waals surface area contributed by atoms with E-state index in [1.807, 2.05) is 24.7 Å². The number of likely N-dealkylation sites (tertiary alicyclic amines) is 1. The molecule has 0 bridgehead atoms. The van der Waals surface area contributed by atoms with Crippen LogP contribution in [0, 0.1) is 20.8 Å². The highest BCUT2D eigenvalue weighted by molar-refractivity contribution is 7.20. The quantitative estimate of drug-likeness (QED) is 0.678. The molecule has 1 unspecified atom stereocenters. The molecule has 3 aromatic rings. The first-order chi connectivity index (χ1) is 12.0. The third-order valence-electron chi connectivity index (χ3n) is 5.34. The fourth-order valence-corrected chi connectivity index (χ4v) is 4.86. The number of nitrogens with zero attached hydrogens (tertiary/aromatic N) is 3. The van der Waals surface area contributed by atoms with Crippen molar-refractivity contribution in [1.82, 2.24) is 14.7 Å². The molecule has 0 N–H and O–H groups in total. The Kier molecular flexibility index (Phi) is 3.91. The molecule has 4 rings (SSSR count). The first kappa shape index (κ1) is 16.3. The van der Waals surface area contributed by atoms with Gasteiger partial charge in [0, 0.05) is 19.0 Å². The summed E-state index contributed by atoms with van der Waals surface area (Å²) in [6.07, 6.45) is 2.11. The molecule has 130 valence electrons. The highest BCUT2D eigenvalue weighted by Gasteiger charge is 2.32. The fraction of sp³-hybridized carbons (Fsp3) is 0.400. The predicted octanol–water partition coefficient (Wildman–Crippen LogP) is 4.54. The molecule has 3 heterocycles. The molecule has 25 heavy (non-hydrogen) atoms. The Bertz CT molecular complexity index is 934. The first-order valence-electron chi connectivity index (χ1n) is 8.77. The number of aryl methyl sites for hydroxylation is 4. The summed E-state index contributed by atoms with van der Waals surface area (Å²) in [6, 6.07) is 8.79. The first-order valence-corrected chi connectivity index (χ1v) is 9.58. The fourth-order valence-electron chi connectivity index (χ4n) is 3.78. The number of hydrogen-bond acceptors (Lipinski definition) is 3. The highest BCUT2D eigenvalue weighted by atomic mass is 32.1. The van der Waals surface area contributed by atoms with Gasteiger partial charge in [-0.05, 0) is 56.4 Å². The van der Waals surface area contributed by atoms with Gasteiger partial charge in [0.05, 0.1) is 16.6 Å². The number of hydrogen-bond donors (Lipinski definition) is 0. The Balaban J connectivity index is 1.67. The molecule has 0 radical (unpaired) electrons. The van der Waals surface area contributed by atoms with Crippen LogP contribution < -0.4 is 0 Å². The molecular weight excluding hydrogens is 330 g/mol. The van der Waals surface area contributed by atoms with Crippen molar-refractivity contribution in [2.45, 2.75) is 39.7 Å². The minimum Gasteiger partial charge on any atom is -0.331 e. The summed E-state index contributed by atoms with van der Waals surface area (Å²) >= 11 is 1.55. The molecule has 1 aromatic carbocycles. The molecule has 1 aliphatic heterocycles. The predicted molar refractivity (Wildman–Crippen MR) is 102 cm³/mol. The van der Waals surface area contributed by atoms with Crippen LogP contribution in [-0.4, -0.2) is 27.1 Å². The summed E-state index contributed by atoms with van der Waals surface area (Å²) in [5, 5.41) is 5.53. The zero-order valence-corrected chi connectivity index (χ0v) is 16.0. The second kappa shape index (κ2) is 5.99. The van der Waals surface area contributed by atoms with E-state index >= 15 is 0 Å². The summed E-state index contributed by atoms with van der Waals surface area (Å²) < 4.78 is 1.87. The van der Waals surface area contributed by atoms with Gasteiger partial charge in [0.15, 0.2) is 0 Å². The lowest BCUT2D eigenvalue weighted by Gasteiger charge is -2.25. The van der Waals surface area contributed by atoms with Gasteiger partial charge >= 0.3 is 0 Å². The molecule has 1 saturated heterocycles. The Morgan fingerprint density at radius 3 is 2.72 bits per heavy atom. The number of amides is 1. The number of rotatable bonds is 2. The van der Waals surface area contributed by atoms with Gasteiger partial charge in [-0.1, -0.05) is 18.2 Å². The third kappa shape index (κ3) is 2.67. The topological polar surface area (TPSA) is 38.1 Å². The lowest BCUT2D eigenvalue weighted by atomic mass is 9.99. The van der Waals surface area contributed by atoms with E-state index in [2.05, 4.69) is 42.0 Å². The molecule has 2 aromatic heterocycles. The van der Waals surface area contributed by atoms with E-state index in [1.54, 1.807) is 11.3 Å². The number of benzene rings is 1. The Hall–Kier alpha value is -2.14. The lowest BCUT2D eigenvalue weighted by Crippen LogP contribution is -2.30. The van der Waals surface area contributed by atoms with E-state index in [4.69, 9.17) is 0 Å². The SMILES string of the molecule is Cc1ccc(C2CCCN2C(=O)c2cc3c(C)nn(C)c3s2)cc1C. The molecule has 0 spiro atoms. The van der Waals surface area contributed by atoms with Crippen molar-refractivity contribution >= 4 is 27.5 Å². The van der Waals surface area contributed by atoms with E-state index in [0.29, 0.717) is 0 Å². The van der Waals surface area contributed by atoms with Gasteiger partial charge in [-0.25, -0.2) is 0 Å². The van der Waals surface area contributed by atoms with Crippen molar-refractivity contribution in [3.63, 3.8) is 0 Å². The van der Waals surface area contributed by atoms with Crippen molar-refractivity contribution < 1.29 is 4.79 Å². The van der Waals surface area contributed by atoms with E-state index < -0.39 is 0 Å². The second-order valence-electron chi connectivity index (χ2n) is 7.04. The van der Waals surface area contributed by atoms with Crippen LogP contribution in [0.1, 0.15) is 50.9 Å². The van der Waals surface area contributed by atoms with Gasteiger partial charge < -0.3 is 4.90 Å². The largest absolute Gasteiger partial charge is 0.331 e. The summed E-state index contributed by atoms with van der Waals surface area (Å²) in [4.78, 5) is 17.1. The van der Waals surface area contributed by atoms with Crippen LogP contribution in [0.3, 0.4) is 0 Å². The van der Waals surface area contributed by atoms with Gasteiger partial charge in [-0.3, -0.25) is 9.48 Å². The smallest absolute Gasteiger partial charge is 0.264 e. The number of carbonyl (C=O) groups is 1. The number of fused-ring (bicyclic) bond motifs is 1. The minimum absolute atomic E-state index is 0.154. The molecule has 5 heteroatoms. The summed E-state index contributed by atoms with van der Waals surface area (Å²) in [5.41, 5.74) is 4.83. The van der Waals surface area contributed by atoms with Gasteiger partial charge in [0.2, 0.25) is 0 Å². The minimum atomic E-state index is 0.154. The molecule has 0 aliphatic carbocycles. The van der Waals surface area contributed by atoms with Crippen molar-refractivity contribution in [1.29, 1.82) is 0 Å². The van der Waals surface area contributed by atoms with Crippen molar-refractivity contribution in [3.8, 4) is 0 Å². The molecule has 0 saturated carbocycles. The average molecular weight is 353 g/mol. The van der Waals surface area contributed by atoms with Crippen LogP contribution >= 0.6 is 11.3 Å². The van der Waals surface area contributed by atoms with Gasteiger partial charge in [-0.2, -0.15) is 5.10 Å². The normalized spacial score (nSPS) is 17.6. The zero-order chi connectivity index (χ0) is 17.7. The molecule has 1 amide bonds. The van der Waals surface area contributed by atoms with Crippen LogP contribution in [0.25, 0.3) is 10.2 Å². The van der Waals surface area contributed by atoms with Crippen LogP contribution in [0.15, 0.2) is 24.3 Å². The number of aromatic nitrogens is 2. The molecule has 1 aliphatic rings. The highest BCUT2D eigenvalue weighted by Crippen LogP contribution is 2.36. The van der Waals surface area contributed by atoms with E-state index in [1.165, 1.54) is 16.7 Å². The van der Waals surface area contributed by atoms with Gasteiger partial charge in [0.1, 0.15) is 4.83 Å². The number of thiophene rings is 1. The molecule has 1 atom stereocenters. The molecule has 4 nitrogen and oxygen atoms in total. The van der Waals surface area contributed by atoms with Crippen LogP contribution in [0.2, 0.25) is 0 Å². The molecule has 1 fully saturated rings. The lowest BCUT2D eigenvalue weighted by molar-refractivity contribution is 0.0740. The Morgan fingerprint density at radius 1 is 1.20 bits per heavy atom. The molecular formula is C20H23N3OS. The van der Waals surface area contributed by atoms with Crippen molar-refractivity contribution in [2.24, 2.45) is 7.05 Å². The number of carbonyl (C=O) groups excluding carboxylic acids is 1. The monoisotopic (exact) mass is 353 g/mol.